The molecule has 3 aliphatic rings. The molecule has 330 valence electrons. The summed E-state index contributed by atoms with van der Waals surface area (Å²) in [6.07, 6.45) is -4.56. The van der Waals surface area contributed by atoms with Gasteiger partial charge < -0.3 is 59.7 Å². The van der Waals surface area contributed by atoms with Crippen molar-refractivity contribution in [3.63, 3.8) is 0 Å². The molecular formula is C43H67N5O11. The van der Waals surface area contributed by atoms with E-state index in [9.17, 15) is 24.9 Å². The number of fused-ring (bicyclic) bond motifs is 5. The number of rotatable bonds is 8. The number of anilines is 1. The molecule has 16 nitrogen and oxygen atoms in total. The van der Waals surface area contributed by atoms with E-state index in [0.717, 1.165) is 5.57 Å². The average Bonchev–Trinajstić information content (AvgIpc) is 3.19. The number of aromatic nitrogens is 1. The molecule has 2 bridgehead atoms. The van der Waals surface area contributed by atoms with Gasteiger partial charge in [0.25, 0.3) is 0 Å². The van der Waals surface area contributed by atoms with Crippen molar-refractivity contribution in [3.05, 3.63) is 47.2 Å². The molecule has 0 saturated carbocycles. The zero-order valence-corrected chi connectivity index (χ0v) is 36.3. The second-order valence-electron chi connectivity index (χ2n) is 17.3. The molecule has 1 amide bonds. The first kappa shape index (κ1) is 48.0. The van der Waals surface area contributed by atoms with Gasteiger partial charge in [-0.1, -0.05) is 39.8 Å². The number of carbonyl (C=O) groups excluding carboxylic acids is 2. The van der Waals surface area contributed by atoms with Gasteiger partial charge >= 0.3 is 12.1 Å². The van der Waals surface area contributed by atoms with Crippen LogP contribution >= 0.6 is 0 Å². The molecule has 4 rings (SSSR count). The number of esters is 1. The Labute approximate surface area is 349 Å². The Balaban J connectivity index is 1.79. The number of hydrogen-bond acceptors (Lipinski definition) is 15. The van der Waals surface area contributed by atoms with Crippen LogP contribution in [0.2, 0.25) is 0 Å². The van der Waals surface area contributed by atoms with E-state index in [1.165, 1.54) is 6.07 Å². The minimum absolute atomic E-state index is 0.00508. The van der Waals surface area contributed by atoms with E-state index in [1.54, 1.807) is 39.8 Å². The van der Waals surface area contributed by atoms with Crippen molar-refractivity contribution in [2.75, 3.05) is 39.6 Å². The summed E-state index contributed by atoms with van der Waals surface area (Å²) < 4.78 is 38.0. The molecule has 59 heavy (non-hydrogen) atoms. The average molecular weight is 830 g/mol. The van der Waals surface area contributed by atoms with Crippen LogP contribution in [0.15, 0.2) is 35.9 Å². The Kier molecular flexibility index (Phi) is 16.5. The summed E-state index contributed by atoms with van der Waals surface area (Å²) in [4.78, 5) is 32.9. The highest BCUT2D eigenvalue weighted by Crippen LogP contribution is 2.43. The number of ether oxygens (including phenoxy) is 6. The predicted octanol–water partition coefficient (Wildman–Crippen LogP) is 3.61. The molecule has 2 unspecified atom stereocenters. The van der Waals surface area contributed by atoms with Crippen molar-refractivity contribution in [3.8, 4) is 6.07 Å². The van der Waals surface area contributed by atoms with E-state index in [2.05, 4.69) is 16.9 Å². The summed E-state index contributed by atoms with van der Waals surface area (Å²) in [6.45, 7) is 18.5. The van der Waals surface area contributed by atoms with Gasteiger partial charge in [0.1, 0.15) is 36.3 Å². The van der Waals surface area contributed by atoms with E-state index in [4.69, 9.17) is 39.4 Å². The van der Waals surface area contributed by atoms with Crippen LogP contribution in [-0.2, 0) is 39.8 Å². The Morgan fingerprint density at radius 1 is 1.15 bits per heavy atom. The number of nitrogens with one attached hydrogen (secondary N) is 1. The fourth-order valence-electron chi connectivity index (χ4n) is 8.91. The first-order valence-corrected chi connectivity index (χ1v) is 20.6. The summed E-state index contributed by atoms with van der Waals surface area (Å²) in [6, 6.07) is 4.78. The van der Waals surface area contributed by atoms with Crippen LogP contribution in [0.25, 0.3) is 0 Å². The Bertz CT molecular complexity index is 1700. The lowest BCUT2D eigenvalue weighted by Crippen LogP contribution is -2.60. The van der Waals surface area contributed by atoms with E-state index < -0.39 is 77.8 Å². The molecule has 0 aliphatic carbocycles. The van der Waals surface area contributed by atoms with Gasteiger partial charge in [0.15, 0.2) is 6.29 Å². The van der Waals surface area contributed by atoms with Crippen molar-refractivity contribution < 1.29 is 53.3 Å². The first-order valence-electron chi connectivity index (χ1n) is 20.6. The minimum Gasteiger partial charge on any atom is -0.459 e. The van der Waals surface area contributed by atoms with Gasteiger partial charge in [-0.15, -0.1) is 0 Å². The first-order chi connectivity index (χ1) is 27.6. The predicted molar refractivity (Wildman–Crippen MR) is 218 cm³/mol. The zero-order valence-electron chi connectivity index (χ0n) is 36.3. The van der Waals surface area contributed by atoms with Crippen molar-refractivity contribution in [1.29, 1.82) is 5.26 Å². The van der Waals surface area contributed by atoms with Crippen LogP contribution in [0.4, 0.5) is 10.6 Å². The largest absolute Gasteiger partial charge is 0.459 e. The number of aliphatic hydroxyl groups excluding tert-OH is 2. The van der Waals surface area contributed by atoms with Crippen LogP contribution < -0.4 is 11.1 Å². The molecule has 0 spiro atoms. The summed E-state index contributed by atoms with van der Waals surface area (Å²) >= 11 is 0. The van der Waals surface area contributed by atoms with Gasteiger partial charge in [-0.2, -0.15) is 5.26 Å². The highest BCUT2D eigenvalue weighted by atomic mass is 16.7. The van der Waals surface area contributed by atoms with Crippen LogP contribution in [0.5, 0.6) is 0 Å². The monoisotopic (exact) mass is 829 g/mol. The lowest BCUT2D eigenvalue weighted by atomic mass is 9.72. The van der Waals surface area contributed by atoms with Crippen LogP contribution in [0.3, 0.4) is 0 Å². The van der Waals surface area contributed by atoms with Gasteiger partial charge in [0.05, 0.1) is 67.0 Å². The molecule has 3 aliphatic heterocycles. The number of carbonyl (C=O) groups is 2. The van der Waals surface area contributed by atoms with Crippen LogP contribution in [0.1, 0.15) is 85.9 Å². The highest BCUT2D eigenvalue weighted by molar-refractivity contribution is 5.73. The molecule has 1 aromatic rings. The molecule has 0 aromatic carbocycles. The minimum atomic E-state index is -1.74. The highest BCUT2D eigenvalue weighted by Gasteiger charge is 2.52. The standard InChI is InChI=1S/C43H67N5O11/c1-12-33-43(9,53)37-26(5)31(15-16-54-41(52)46-20-30-14-13-29(19-44)38(45)47-30)24(3)18-42(8,56-22-23(2)21-55-37)36(27(6)34(49)28(7)39(51)58-33)59-40-35(50)32(48(10)11)17-25(4)57-40/h13-15,24-28,32-37,40,49-50,53H,2,12,16-18,20-22H2,1,3-11H3,(H2,45,47)(H,46,52)/b31-15+/t24-,25-,26+,27+,28-,32+,33-,34+,35-,36-,37?,40?,42-,43-/m1/s1. The number of hydrogen-bond donors (Lipinski definition) is 5. The number of nitrogens with zero attached hydrogens (tertiary/aromatic N) is 3. The van der Waals surface area contributed by atoms with Crippen molar-refractivity contribution >= 4 is 17.9 Å². The third kappa shape index (κ3) is 11.4. The number of nitrogen functional groups attached to an aromatic ring is 1. The maximum Gasteiger partial charge on any atom is 0.407 e. The number of nitrogens with two attached hydrogens (primary N) is 1. The summed E-state index contributed by atoms with van der Waals surface area (Å²) in [5.41, 5.74) is 4.85. The molecule has 16 heteroatoms. The van der Waals surface area contributed by atoms with Crippen LogP contribution in [0, 0.1) is 35.0 Å². The summed E-state index contributed by atoms with van der Waals surface area (Å²) in [5.74, 6) is -3.39. The molecule has 1 aromatic heterocycles. The zero-order chi connectivity index (χ0) is 44.0. The lowest BCUT2D eigenvalue weighted by Gasteiger charge is -2.48. The molecule has 14 atom stereocenters. The van der Waals surface area contributed by atoms with Crippen molar-refractivity contribution in [2.24, 2.45) is 23.7 Å². The van der Waals surface area contributed by atoms with Gasteiger partial charge in [0, 0.05) is 17.9 Å². The number of cyclic esters (lactones) is 1. The third-order valence-electron chi connectivity index (χ3n) is 12.3. The van der Waals surface area contributed by atoms with Gasteiger partial charge in [-0.3, -0.25) is 4.79 Å². The van der Waals surface area contributed by atoms with E-state index in [1.807, 2.05) is 52.8 Å². The number of amides is 1. The van der Waals surface area contributed by atoms with Crippen molar-refractivity contribution in [1.82, 2.24) is 15.2 Å². The Hall–Kier alpha value is -3.66. The van der Waals surface area contributed by atoms with Gasteiger partial charge in [-0.05, 0) is 90.8 Å². The second-order valence-corrected chi connectivity index (χ2v) is 17.3. The third-order valence-corrected chi connectivity index (χ3v) is 12.3. The van der Waals surface area contributed by atoms with Gasteiger partial charge in [0.2, 0.25) is 0 Å². The fraction of sp³-hybridized carbons (Fsp3) is 0.721. The quantitative estimate of drug-likeness (QED) is 0.186. The number of aliphatic hydroxyl groups is 3. The Morgan fingerprint density at radius 3 is 2.47 bits per heavy atom. The topological polar surface area (TPSA) is 228 Å². The molecule has 3 fully saturated rings. The van der Waals surface area contributed by atoms with Gasteiger partial charge in [-0.25, -0.2) is 9.78 Å². The molecular weight excluding hydrogens is 762 g/mol. The SMILES string of the molecule is C=C1COC2[C@@H](C)/C(=C/COC(=O)NCc3ccc(C#N)c(N)n3)[C@H](C)C[C@@](C)(OC1)[C@H](OC1O[C@H](C)C[C@H](N(C)C)[C@H]1O)[C@@H](C)[C@H](O)[C@@H](C)C(=O)O[C@H](CC)[C@@]2(C)O. The number of nitriles is 1. The summed E-state index contributed by atoms with van der Waals surface area (Å²) in [7, 11) is 3.77. The molecule has 3 saturated heterocycles. The smallest absolute Gasteiger partial charge is 0.407 e. The number of alkyl carbamates (subject to hydrolysis) is 1. The lowest BCUT2D eigenvalue weighted by molar-refractivity contribution is -0.303. The molecule has 4 heterocycles. The number of likely N-dealkylation sites (N-methyl/N-ethyl adjacent to an activating group) is 1. The second kappa shape index (κ2) is 20.3. The summed E-state index contributed by atoms with van der Waals surface area (Å²) in [5, 5.41) is 47.8. The van der Waals surface area contributed by atoms with Crippen LogP contribution in [-0.4, -0.2) is 131 Å². The maximum atomic E-state index is 13.9. The maximum absolute atomic E-state index is 13.9. The van der Waals surface area contributed by atoms with E-state index >= 15 is 0 Å². The fourth-order valence-corrected chi connectivity index (χ4v) is 8.91. The Morgan fingerprint density at radius 2 is 1.85 bits per heavy atom. The normalized spacial score (nSPS) is 38.4. The van der Waals surface area contributed by atoms with E-state index in [0.29, 0.717) is 17.7 Å². The molecule has 6 N–H and O–H groups in total. The molecule has 0 radical (unpaired) electrons. The van der Waals surface area contributed by atoms with E-state index in [-0.39, 0.29) is 68.7 Å². The van der Waals surface area contributed by atoms with Crippen molar-refractivity contribution in [2.45, 2.75) is 141 Å². The number of pyridine rings is 1.